The summed E-state index contributed by atoms with van der Waals surface area (Å²) in [6.07, 6.45) is 16.9. The second-order valence-electron chi connectivity index (χ2n) is 9.96. The van der Waals surface area contributed by atoms with Crippen LogP contribution >= 0.6 is 0 Å². The molecule has 0 unspecified atom stereocenters. The Bertz CT molecular complexity index is 1080. The van der Waals surface area contributed by atoms with Crippen LogP contribution in [0.3, 0.4) is 0 Å². The number of amides is 2. The van der Waals surface area contributed by atoms with E-state index in [9.17, 15) is 14.4 Å². The van der Waals surface area contributed by atoms with Gasteiger partial charge in [-0.3, -0.25) is 19.4 Å². The third-order valence-corrected chi connectivity index (χ3v) is 7.38. The molecular formula is C28H38N4O4. The van der Waals surface area contributed by atoms with Crippen molar-refractivity contribution in [2.24, 2.45) is 0 Å². The number of piperidine rings is 1. The molecule has 2 aromatic heterocycles. The second-order valence-corrected chi connectivity index (χ2v) is 9.96. The van der Waals surface area contributed by atoms with Gasteiger partial charge in [-0.25, -0.2) is 0 Å². The first-order chi connectivity index (χ1) is 17.6. The van der Waals surface area contributed by atoms with Crippen molar-refractivity contribution in [1.29, 1.82) is 0 Å². The molecule has 2 fully saturated rings. The van der Waals surface area contributed by atoms with Crippen LogP contribution in [0, 0.1) is 0 Å². The molecule has 1 saturated heterocycles. The molecule has 1 N–H and O–H groups in total. The fraction of sp³-hybridized carbons (Fsp3) is 0.571. The molecule has 0 radical (unpaired) electrons. The van der Waals surface area contributed by atoms with Gasteiger partial charge in [-0.2, -0.15) is 0 Å². The summed E-state index contributed by atoms with van der Waals surface area (Å²) >= 11 is 0. The molecule has 1 saturated carbocycles. The number of hydrogen-bond donors (Lipinski definition) is 1. The average molecular weight is 495 g/mol. The van der Waals surface area contributed by atoms with Crippen LogP contribution in [0.5, 0.6) is 0 Å². The Hall–Kier alpha value is -3.00. The Morgan fingerprint density at radius 3 is 2.47 bits per heavy atom. The zero-order valence-corrected chi connectivity index (χ0v) is 21.3. The standard InChI is InChI=1S/C28H38N4O4/c1-36-17-16-31-19-23(27(34)30-22-11-5-3-2-4-6-12-22)26(33)24(20-31)28(35)32-15-8-7-13-25(32)21-10-9-14-29-18-21/h9-10,14,18-20,22,25H,2-8,11-13,15-17H2,1H3,(H,30,34)/t25-/m0/s1. The van der Waals surface area contributed by atoms with E-state index < -0.39 is 11.3 Å². The maximum atomic E-state index is 13.8. The first-order valence-electron chi connectivity index (χ1n) is 13.3. The highest BCUT2D eigenvalue weighted by Crippen LogP contribution is 2.31. The third kappa shape index (κ3) is 6.40. The minimum atomic E-state index is -0.507. The van der Waals surface area contributed by atoms with E-state index in [1.807, 2.05) is 12.1 Å². The summed E-state index contributed by atoms with van der Waals surface area (Å²) in [7, 11) is 1.60. The van der Waals surface area contributed by atoms with Crippen LogP contribution in [0.25, 0.3) is 0 Å². The number of nitrogens with zero attached hydrogens (tertiary/aromatic N) is 3. The summed E-state index contributed by atoms with van der Waals surface area (Å²) in [6, 6.07) is 3.75. The van der Waals surface area contributed by atoms with Gasteiger partial charge in [-0.15, -0.1) is 0 Å². The van der Waals surface area contributed by atoms with Crippen molar-refractivity contribution in [3.8, 4) is 0 Å². The molecule has 0 bridgehead atoms. The highest BCUT2D eigenvalue weighted by atomic mass is 16.5. The van der Waals surface area contributed by atoms with Crippen molar-refractivity contribution in [2.75, 3.05) is 20.3 Å². The molecule has 2 aliphatic rings. The van der Waals surface area contributed by atoms with Gasteiger partial charge in [0.2, 0.25) is 5.43 Å². The van der Waals surface area contributed by atoms with Crippen molar-refractivity contribution in [1.82, 2.24) is 19.8 Å². The van der Waals surface area contributed by atoms with Gasteiger partial charge < -0.3 is 19.5 Å². The van der Waals surface area contributed by atoms with E-state index in [4.69, 9.17) is 4.74 Å². The third-order valence-electron chi connectivity index (χ3n) is 7.38. The minimum absolute atomic E-state index is 0.0222. The number of aromatic nitrogens is 2. The Morgan fingerprint density at radius 2 is 1.75 bits per heavy atom. The van der Waals surface area contributed by atoms with E-state index in [2.05, 4.69) is 10.3 Å². The van der Waals surface area contributed by atoms with E-state index >= 15 is 0 Å². The van der Waals surface area contributed by atoms with E-state index in [1.165, 1.54) is 19.3 Å². The van der Waals surface area contributed by atoms with Gasteiger partial charge in [-0.1, -0.05) is 38.2 Å². The minimum Gasteiger partial charge on any atom is -0.383 e. The van der Waals surface area contributed by atoms with Crippen LogP contribution in [-0.2, 0) is 11.3 Å². The number of rotatable bonds is 7. The molecule has 0 spiro atoms. The van der Waals surface area contributed by atoms with E-state index in [-0.39, 0.29) is 29.1 Å². The van der Waals surface area contributed by atoms with Crippen LogP contribution in [-0.4, -0.2) is 52.6 Å². The summed E-state index contributed by atoms with van der Waals surface area (Å²) in [4.78, 5) is 46.7. The van der Waals surface area contributed by atoms with E-state index in [1.54, 1.807) is 41.4 Å². The lowest BCUT2D eigenvalue weighted by Gasteiger charge is -2.36. The summed E-state index contributed by atoms with van der Waals surface area (Å²) in [5.41, 5.74) is 0.511. The summed E-state index contributed by atoms with van der Waals surface area (Å²) in [5.74, 6) is -0.728. The number of carbonyl (C=O) groups is 2. The van der Waals surface area contributed by atoms with Gasteiger partial charge in [-0.05, 0) is 43.7 Å². The number of methoxy groups -OCH3 is 1. The largest absolute Gasteiger partial charge is 0.383 e. The van der Waals surface area contributed by atoms with E-state index in [0.29, 0.717) is 19.7 Å². The molecule has 36 heavy (non-hydrogen) atoms. The molecule has 1 aliphatic carbocycles. The molecule has 2 aromatic rings. The van der Waals surface area contributed by atoms with Crippen molar-refractivity contribution in [3.63, 3.8) is 0 Å². The Morgan fingerprint density at radius 1 is 1.03 bits per heavy atom. The molecule has 1 atom stereocenters. The van der Waals surface area contributed by atoms with Crippen molar-refractivity contribution in [3.05, 3.63) is 63.8 Å². The molecule has 4 rings (SSSR count). The first-order valence-corrected chi connectivity index (χ1v) is 13.3. The molecule has 194 valence electrons. The Labute approximate surface area is 213 Å². The van der Waals surface area contributed by atoms with Gasteiger partial charge in [0.25, 0.3) is 11.8 Å². The van der Waals surface area contributed by atoms with Gasteiger partial charge in [0.15, 0.2) is 0 Å². The molecular weight excluding hydrogens is 456 g/mol. The van der Waals surface area contributed by atoms with Crippen molar-refractivity contribution in [2.45, 2.75) is 82.8 Å². The van der Waals surface area contributed by atoms with Crippen molar-refractivity contribution < 1.29 is 14.3 Å². The fourth-order valence-electron chi connectivity index (χ4n) is 5.38. The zero-order valence-electron chi connectivity index (χ0n) is 21.3. The van der Waals surface area contributed by atoms with Gasteiger partial charge >= 0.3 is 0 Å². The number of carbonyl (C=O) groups excluding carboxylic acids is 2. The molecule has 3 heterocycles. The second kappa shape index (κ2) is 12.8. The van der Waals surface area contributed by atoms with Crippen LogP contribution in [0.1, 0.15) is 96.5 Å². The van der Waals surface area contributed by atoms with Crippen molar-refractivity contribution >= 4 is 11.8 Å². The lowest BCUT2D eigenvalue weighted by molar-refractivity contribution is 0.0608. The normalized spacial score (nSPS) is 19.4. The summed E-state index contributed by atoms with van der Waals surface area (Å²) < 4.78 is 6.94. The number of pyridine rings is 2. The SMILES string of the molecule is COCCn1cc(C(=O)NC2CCCCCCC2)c(=O)c(C(=O)N2CCCC[C@H]2c2cccnc2)c1. The average Bonchev–Trinajstić information content (AvgIpc) is 2.89. The number of likely N-dealkylation sites (tertiary alicyclic amines) is 1. The molecule has 8 nitrogen and oxygen atoms in total. The highest BCUT2D eigenvalue weighted by molar-refractivity contribution is 5.99. The van der Waals surface area contributed by atoms with Gasteiger partial charge in [0.05, 0.1) is 12.6 Å². The summed E-state index contributed by atoms with van der Waals surface area (Å²) in [5, 5.41) is 3.09. The zero-order chi connectivity index (χ0) is 25.3. The molecule has 1 aliphatic heterocycles. The number of hydrogen-bond acceptors (Lipinski definition) is 5. The fourth-order valence-corrected chi connectivity index (χ4v) is 5.38. The Balaban J connectivity index is 1.64. The highest BCUT2D eigenvalue weighted by Gasteiger charge is 2.31. The predicted molar refractivity (Wildman–Crippen MR) is 138 cm³/mol. The summed E-state index contributed by atoms with van der Waals surface area (Å²) in [6.45, 7) is 1.41. The number of ether oxygens (including phenoxy) is 1. The lowest BCUT2D eigenvalue weighted by atomic mass is 9.95. The molecule has 2 amide bonds. The van der Waals surface area contributed by atoms with E-state index in [0.717, 1.165) is 50.5 Å². The monoisotopic (exact) mass is 494 g/mol. The topological polar surface area (TPSA) is 93.5 Å². The smallest absolute Gasteiger partial charge is 0.259 e. The maximum Gasteiger partial charge on any atom is 0.259 e. The van der Waals surface area contributed by atoms with Crippen LogP contribution in [0.2, 0.25) is 0 Å². The van der Waals surface area contributed by atoms with Gasteiger partial charge in [0.1, 0.15) is 11.1 Å². The quantitative estimate of drug-likeness (QED) is 0.626. The first kappa shape index (κ1) is 26.1. The molecule has 0 aromatic carbocycles. The maximum absolute atomic E-state index is 13.8. The van der Waals surface area contributed by atoms with Crippen LogP contribution < -0.4 is 10.7 Å². The lowest BCUT2D eigenvalue weighted by Crippen LogP contribution is -2.43. The predicted octanol–water partition coefficient (Wildman–Crippen LogP) is 4.10. The van der Waals surface area contributed by atoms with Crippen LogP contribution in [0.4, 0.5) is 0 Å². The number of nitrogens with one attached hydrogen (secondary N) is 1. The molecule has 8 heteroatoms. The van der Waals surface area contributed by atoms with Crippen LogP contribution in [0.15, 0.2) is 41.7 Å². The Kier molecular flexibility index (Phi) is 9.28. The van der Waals surface area contributed by atoms with Gasteiger partial charge in [0, 0.05) is 51.0 Å².